The molecular weight excluding hydrogens is 254 g/mol. The van der Waals surface area contributed by atoms with Gasteiger partial charge in [-0.2, -0.15) is 0 Å². The molecule has 0 bridgehead atoms. The lowest BCUT2D eigenvalue weighted by Gasteiger charge is -2.12. The average Bonchev–Trinajstić information content (AvgIpc) is 2.51. The second-order valence-electron chi connectivity index (χ2n) is 4.52. The molecule has 0 fully saturated rings. The predicted molar refractivity (Wildman–Crippen MR) is 82.6 cm³/mol. The standard InChI is InChI=1S/C16H18BFO2/c1-4-16(20-17(18)5-2)14-7-6-13-11-15(19-3)9-8-12(13)10-14/h4,6-11H,5H2,1-3H3. The molecule has 0 N–H and O–H groups in total. The minimum atomic E-state index is -1.27. The summed E-state index contributed by atoms with van der Waals surface area (Å²) in [5.41, 5.74) is 0.876. The molecule has 0 aliphatic rings. The molecule has 20 heavy (non-hydrogen) atoms. The van der Waals surface area contributed by atoms with E-state index in [-0.39, 0.29) is 0 Å². The lowest BCUT2D eigenvalue weighted by atomic mass is 9.90. The Morgan fingerprint density at radius 3 is 2.55 bits per heavy atom. The fourth-order valence-electron chi connectivity index (χ4n) is 2.03. The van der Waals surface area contributed by atoms with Crippen LogP contribution in [0.3, 0.4) is 0 Å². The van der Waals surface area contributed by atoms with Crippen molar-refractivity contribution in [2.45, 2.75) is 20.2 Å². The van der Waals surface area contributed by atoms with Gasteiger partial charge in [-0.3, -0.25) is 4.32 Å². The van der Waals surface area contributed by atoms with Crippen LogP contribution in [-0.4, -0.2) is 14.3 Å². The Labute approximate surface area is 119 Å². The second-order valence-corrected chi connectivity index (χ2v) is 4.52. The fraction of sp³-hybridized carbons (Fsp3) is 0.250. The Balaban J connectivity index is 2.35. The van der Waals surface area contributed by atoms with Gasteiger partial charge in [-0.1, -0.05) is 25.1 Å². The van der Waals surface area contributed by atoms with Crippen molar-refractivity contribution in [3.8, 4) is 5.75 Å². The number of hydrogen-bond donors (Lipinski definition) is 0. The van der Waals surface area contributed by atoms with Crippen LogP contribution in [0.15, 0.2) is 42.5 Å². The molecule has 2 rings (SSSR count). The molecule has 0 amide bonds. The normalized spacial score (nSPS) is 11.5. The van der Waals surface area contributed by atoms with Gasteiger partial charge in [0.05, 0.1) is 7.11 Å². The number of hydrogen-bond acceptors (Lipinski definition) is 2. The van der Waals surface area contributed by atoms with Crippen molar-refractivity contribution in [2.75, 3.05) is 7.11 Å². The maximum atomic E-state index is 13.4. The van der Waals surface area contributed by atoms with Crippen LogP contribution < -0.4 is 4.74 Å². The summed E-state index contributed by atoms with van der Waals surface area (Å²) < 4.78 is 23.9. The molecule has 104 valence electrons. The smallest absolute Gasteiger partial charge is 0.533 e. The van der Waals surface area contributed by atoms with Crippen LogP contribution in [0.2, 0.25) is 6.32 Å². The van der Waals surface area contributed by atoms with Crippen molar-refractivity contribution in [3.05, 3.63) is 48.0 Å². The molecule has 0 unspecified atom stereocenters. The molecule has 2 nitrogen and oxygen atoms in total. The first-order valence-corrected chi connectivity index (χ1v) is 6.73. The van der Waals surface area contributed by atoms with Crippen molar-refractivity contribution in [1.29, 1.82) is 0 Å². The minimum Gasteiger partial charge on any atom is -0.533 e. The van der Waals surface area contributed by atoms with E-state index in [4.69, 9.17) is 9.39 Å². The summed E-state index contributed by atoms with van der Waals surface area (Å²) >= 11 is 0. The van der Waals surface area contributed by atoms with E-state index in [2.05, 4.69) is 0 Å². The Kier molecular flexibility index (Phi) is 4.67. The molecule has 0 spiro atoms. The van der Waals surface area contributed by atoms with Crippen LogP contribution in [-0.2, 0) is 4.65 Å². The summed E-state index contributed by atoms with van der Waals surface area (Å²) in [6.07, 6.45) is 2.12. The molecular formula is C16H18BFO2. The third-order valence-corrected chi connectivity index (χ3v) is 3.17. The highest BCUT2D eigenvalue weighted by Gasteiger charge is 2.16. The third kappa shape index (κ3) is 3.13. The first-order chi connectivity index (χ1) is 9.67. The second kappa shape index (κ2) is 6.46. The van der Waals surface area contributed by atoms with Gasteiger partial charge in [-0.25, -0.2) is 0 Å². The summed E-state index contributed by atoms with van der Waals surface area (Å²) in [7, 11) is 0.376. The maximum Gasteiger partial charge on any atom is 0.564 e. The van der Waals surface area contributed by atoms with Gasteiger partial charge < -0.3 is 9.39 Å². The summed E-state index contributed by atoms with van der Waals surface area (Å²) in [5.74, 6) is 1.39. The van der Waals surface area contributed by atoms with Gasteiger partial charge in [0, 0.05) is 5.56 Å². The molecule has 4 heteroatoms. The fourth-order valence-corrected chi connectivity index (χ4v) is 2.03. The summed E-state index contributed by atoms with van der Waals surface area (Å²) in [6.45, 7) is 3.60. The van der Waals surface area contributed by atoms with Gasteiger partial charge >= 0.3 is 7.19 Å². The van der Waals surface area contributed by atoms with Gasteiger partial charge in [-0.05, 0) is 48.3 Å². The Hall–Kier alpha value is -1.97. The minimum absolute atomic E-state index is 0.335. The van der Waals surface area contributed by atoms with E-state index in [0.717, 1.165) is 22.1 Å². The highest BCUT2D eigenvalue weighted by atomic mass is 19.1. The third-order valence-electron chi connectivity index (χ3n) is 3.17. The number of benzene rings is 2. The number of halogens is 1. The Morgan fingerprint density at radius 1 is 1.20 bits per heavy atom. The summed E-state index contributed by atoms with van der Waals surface area (Å²) in [5, 5.41) is 2.15. The van der Waals surface area contributed by atoms with Crippen molar-refractivity contribution in [1.82, 2.24) is 0 Å². The van der Waals surface area contributed by atoms with E-state index in [1.54, 1.807) is 20.1 Å². The topological polar surface area (TPSA) is 18.5 Å². The van der Waals surface area contributed by atoms with Crippen LogP contribution in [0.5, 0.6) is 5.75 Å². The Morgan fingerprint density at radius 2 is 1.90 bits per heavy atom. The first-order valence-electron chi connectivity index (χ1n) is 6.73. The van der Waals surface area contributed by atoms with Crippen molar-refractivity contribution in [2.24, 2.45) is 0 Å². The number of rotatable bonds is 5. The molecule has 0 atom stereocenters. The van der Waals surface area contributed by atoms with E-state index in [9.17, 15) is 4.32 Å². The first kappa shape index (κ1) is 14.4. The molecule has 2 aromatic rings. The van der Waals surface area contributed by atoms with Gasteiger partial charge in [0.1, 0.15) is 11.5 Å². The van der Waals surface area contributed by atoms with E-state index >= 15 is 0 Å². The molecule has 0 saturated heterocycles. The molecule has 0 saturated carbocycles. The van der Waals surface area contributed by atoms with E-state index in [1.165, 1.54) is 0 Å². The monoisotopic (exact) mass is 272 g/mol. The molecule has 0 radical (unpaired) electrons. The van der Waals surface area contributed by atoms with Crippen molar-refractivity contribution >= 4 is 23.7 Å². The predicted octanol–water partition coefficient (Wildman–Crippen LogP) is 4.70. The summed E-state index contributed by atoms with van der Waals surface area (Å²) in [6, 6.07) is 11.8. The van der Waals surface area contributed by atoms with E-state index in [1.807, 2.05) is 43.3 Å². The molecule has 0 heterocycles. The quantitative estimate of drug-likeness (QED) is 0.580. The summed E-state index contributed by atoms with van der Waals surface area (Å²) in [4.78, 5) is 0. The van der Waals surface area contributed by atoms with Crippen LogP contribution >= 0.6 is 0 Å². The average molecular weight is 272 g/mol. The lowest BCUT2D eigenvalue weighted by molar-refractivity contribution is 0.415. The number of fused-ring (bicyclic) bond motifs is 1. The maximum absolute atomic E-state index is 13.4. The zero-order chi connectivity index (χ0) is 14.5. The van der Waals surface area contributed by atoms with Gasteiger partial charge in [0.25, 0.3) is 0 Å². The highest BCUT2D eigenvalue weighted by Crippen LogP contribution is 2.26. The van der Waals surface area contributed by atoms with Crippen molar-refractivity contribution in [3.63, 3.8) is 0 Å². The van der Waals surface area contributed by atoms with E-state index in [0.29, 0.717) is 12.1 Å². The number of allylic oxidation sites excluding steroid dienone is 1. The van der Waals surface area contributed by atoms with Gasteiger partial charge in [0.2, 0.25) is 0 Å². The zero-order valence-corrected chi connectivity index (χ0v) is 12.0. The zero-order valence-electron chi connectivity index (χ0n) is 12.0. The molecule has 2 aromatic carbocycles. The van der Waals surface area contributed by atoms with Crippen LogP contribution in [0, 0.1) is 0 Å². The van der Waals surface area contributed by atoms with Crippen LogP contribution in [0.25, 0.3) is 16.5 Å². The van der Waals surface area contributed by atoms with Gasteiger partial charge in [0.15, 0.2) is 0 Å². The number of methoxy groups -OCH3 is 1. The Bertz CT molecular complexity index is 625. The van der Waals surface area contributed by atoms with Crippen LogP contribution in [0.1, 0.15) is 19.4 Å². The number of ether oxygens (including phenoxy) is 1. The van der Waals surface area contributed by atoms with Gasteiger partial charge in [-0.15, -0.1) is 0 Å². The molecule has 0 aromatic heterocycles. The SMILES string of the molecule is CC=C(OB(F)CC)c1ccc2cc(OC)ccc2c1. The highest BCUT2D eigenvalue weighted by molar-refractivity contribution is 6.44. The van der Waals surface area contributed by atoms with Crippen molar-refractivity contribution < 1.29 is 13.7 Å². The van der Waals surface area contributed by atoms with E-state index < -0.39 is 7.19 Å². The molecule has 0 aliphatic carbocycles. The lowest BCUT2D eigenvalue weighted by Crippen LogP contribution is -2.09. The largest absolute Gasteiger partial charge is 0.564 e. The van der Waals surface area contributed by atoms with Crippen LogP contribution in [0.4, 0.5) is 4.32 Å². The molecule has 0 aliphatic heterocycles.